The van der Waals surface area contributed by atoms with E-state index in [1.807, 2.05) is 36.4 Å². The first kappa shape index (κ1) is 20.7. The molecule has 0 saturated heterocycles. The summed E-state index contributed by atoms with van der Waals surface area (Å²) in [6.07, 6.45) is 6.19. The topological polar surface area (TPSA) is 85.1 Å². The van der Waals surface area contributed by atoms with Crippen molar-refractivity contribution in [2.75, 3.05) is 5.32 Å². The highest BCUT2D eigenvalue weighted by molar-refractivity contribution is 5.88. The molecule has 0 unspecified atom stereocenters. The molecule has 1 heterocycles. The molecule has 2 aromatic carbocycles. The van der Waals surface area contributed by atoms with Crippen LogP contribution in [-0.2, 0) is 22.7 Å². The summed E-state index contributed by atoms with van der Waals surface area (Å²) in [6.45, 7) is 1.76. The number of allylic oxidation sites excluding steroid dienone is 2. The summed E-state index contributed by atoms with van der Waals surface area (Å²) in [4.78, 5) is 36.9. The van der Waals surface area contributed by atoms with Gasteiger partial charge in [0.05, 0.1) is 11.0 Å². The van der Waals surface area contributed by atoms with E-state index < -0.39 is 0 Å². The minimum atomic E-state index is -0.228. The Hall–Kier alpha value is -3.61. The number of amides is 2. The molecule has 3 aromatic rings. The zero-order valence-electron chi connectivity index (χ0n) is 17.6. The molecule has 4 rings (SSSR count). The second-order valence-electron chi connectivity index (χ2n) is 7.79. The molecule has 1 aliphatic carbocycles. The Morgan fingerprint density at radius 1 is 1.00 bits per heavy atom. The highest BCUT2D eigenvalue weighted by Gasteiger charge is 2.18. The molecule has 7 heteroatoms. The van der Waals surface area contributed by atoms with Gasteiger partial charge in [-0.05, 0) is 55.5 Å². The van der Waals surface area contributed by atoms with Gasteiger partial charge in [0.1, 0.15) is 6.54 Å². The van der Waals surface area contributed by atoms with Crippen molar-refractivity contribution < 1.29 is 9.59 Å². The number of nitrogens with zero attached hydrogens (tertiary/aromatic N) is 2. The molecule has 1 aromatic heterocycles. The molecule has 1 aliphatic rings. The van der Waals surface area contributed by atoms with Gasteiger partial charge >= 0.3 is 5.69 Å². The summed E-state index contributed by atoms with van der Waals surface area (Å²) in [5.74, 6) is -0.358. The van der Waals surface area contributed by atoms with Crippen LogP contribution >= 0.6 is 0 Å². The number of aromatic nitrogens is 2. The summed E-state index contributed by atoms with van der Waals surface area (Å²) >= 11 is 0. The van der Waals surface area contributed by atoms with Crippen molar-refractivity contribution in [1.29, 1.82) is 0 Å². The number of rotatable bonds is 6. The number of anilines is 1. The number of hydrogen-bond donors (Lipinski definition) is 2. The number of imidazole rings is 1. The fourth-order valence-electron chi connectivity index (χ4n) is 3.97. The number of nitrogens with one attached hydrogen (secondary N) is 2. The molecule has 7 nitrogen and oxygen atoms in total. The van der Waals surface area contributed by atoms with Crippen molar-refractivity contribution in [3.63, 3.8) is 0 Å². The molecule has 0 aliphatic heterocycles. The predicted octanol–water partition coefficient (Wildman–Crippen LogP) is 3.49. The molecule has 2 amide bonds. The zero-order valence-corrected chi connectivity index (χ0v) is 17.6. The monoisotopic (exact) mass is 418 g/mol. The molecule has 0 saturated carbocycles. The molecule has 0 bridgehead atoms. The number of hydrogen-bond acceptors (Lipinski definition) is 3. The van der Waals surface area contributed by atoms with Crippen LogP contribution in [0, 0.1) is 0 Å². The van der Waals surface area contributed by atoms with Crippen molar-refractivity contribution in [3.05, 3.63) is 70.7 Å². The van der Waals surface area contributed by atoms with Crippen LogP contribution in [0.4, 0.5) is 5.69 Å². The Morgan fingerprint density at radius 2 is 1.74 bits per heavy atom. The molecule has 2 N–H and O–H groups in total. The van der Waals surface area contributed by atoms with Gasteiger partial charge in [-0.3, -0.25) is 18.7 Å². The van der Waals surface area contributed by atoms with E-state index in [2.05, 4.69) is 16.7 Å². The molecule has 0 radical (unpaired) electrons. The Morgan fingerprint density at radius 3 is 2.42 bits per heavy atom. The van der Waals surface area contributed by atoms with Crippen LogP contribution in [0.3, 0.4) is 0 Å². The van der Waals surface area contributed by atoms with Gasteiger partial charge in [0.25, 0.3) is 0 Å². The Kier molecular flexibility index (Phi) is 6.02. The maximum Gasteiger partial charge on any atom is 0.333 e. The average molecular weight is 418 g/mol. The average Bonchev–Trinajstić information content (AvgIpc) is 3.05. The molecule has 0 atom stereocenters. The van der Waals surface area contributed by atoms with Crippen molar-refractivity contribution in [3.8, 4) is 0 Å². The van der Waals surface area contributed by atoms with Gasteiger partial charge in [0, 0.05) is 24.9 Å². The van der Waals surface area contributed by atoms with Crippen LogP contribution in [0.2, 0.25) is 0 Å². The van der Waals surface area contributed by atoms with E-state index in [1.165, 1.54) is 6.92 Å². The second kappa shape index (κ2) is 9.04. The molecule has 160 valence electrons. The molecule has 31 heavy (non-hydrogen) atoms. The van der Waals surface area contributed by atoms with Gasteiger partial charge < -0.3 is 10.6 Å². The quantitative estimate of drug-likeness (QED) is 0.643. The van der Waals surface area contributed by atoms with Crippen molar-refractivity contribution in [2.45, 2.75) is 45.7 Å². The number of benzene rings is 2. The molecule has 0 spiro atoms. The lowest BCUT2D eigenvalue weighted by Gasteiger charge is -2.13. The van der Waals surface area contributed by atoms with Crippen LogP contribution in [0.15, 0.2) is 59.4 Å². The van der Waals surface area contributed by atoms with Crippen LogP contribution < -0.4 is 16.3 Å². The van der Waals surface area contributed by atoms with Gasteiger partial charge in [-0.15, -0.1) is 0 Å². The summed E-state index contributed by atoms with van der Waals surface area (Å²) in [5, 5.41) is 5.59. The standard InChI is InChI=1S/C24H26N4O3/c1-17(29)26-19-13-11-18(12-14-19)15-25-23(30)16-27-21-9-5-6-10-22(21)28(24(27)31)20-7-3-2-4-8-20/h5-7,9-14H,2-4,8,15-16H2,1H3,(H,25,30)(H,26,29). The van der Waals surface area contributed by atoms with Gasteiger partial charge in [0.2, 0.25) is 11.8 Å². The molecular weight excluding hydrogens is 392 g/mol. The first-order chi connectivity index (χ1) is 15.0. The fourth-order valence-corrected chi connectivity index (χ4v) is 3.97. The number of carbonyl (C=O) groups excluding carboxylic acids is 2. The van der Waals surface area contributed by atoms with Gasteiger partial charge in [-0.2, -0.15) is 0 Å². The lowest BCUT2D eigenvalue weighted by Crippen LogP contribution is -2.32. The third kappa shape index (κ3) is 4.60. The van der Waals surface area contributed by atoms with Crippen molar-refractivity contribution in [1.82, 2.24) is 14.5 Å². The number of carbonyl (C=O) groups is 2. The Balaban J connectivity index is 1.50. The molecular formula is C24H26N4O3. The first-order valence-corrected chi connectivity index (χ1v) is 10.6. The van der Waals surface area contributed by atoms with E-state index in [9.17, 15) is 14.4 Å². The lowest BCUT2D eigenvalue weighted by molar-refractivity contribution is -0.121. The van der Waals surface area contributed by atoms with Gasteiger partial charge in [-0.1, -0.05) is 30.3 Å². The Bertz CT molecular complexity index is 1200. The largest absolute Gasteiger partial charge is 0.350 e. The van der Waals surface area contributed by atoms with E-state index >= 15 is 0 Å². The van der Waals surface area contributed by atoms with Crippen LogP contribution in [0.5, 0.6) is 0 Å². The van der Waals surface area contributed by atoms with E-state index in [4.69, 9.17) is 0 Å². The van der Waals surface area contributed by atoms with E-state index in [-0.39, 0.29) is 24.0 Å². The SMILES string of the molecule is CC(=O)Nc1ccc(CNC(=O)Cn2c(=O)n(C3=CCCCC3)c3ccccc32)cc1. The van der Waals surface area contributed by atoms with E-state index in [1.54, 1.807) is 21.3 Å². The summed E-state index contributed by atoms with van der Waals surface area (Å²) in [5.41, 5.74) is 4.05. The first-order valence-electron chi connectivity index (χ1n) is 10.6. The Labute approximate surface area is 180 Å². The fraction of sp³-hybridized carbons (Fsp3) is 0.292. The smallest absolute Gasteiger partial charge is 0.333 e. The summed E-state index contributed by atoms with van der Waals surface area (Å²) in [7, 11) is 0. The minimum absolute atomic E-state index is 0.0381. The van der Waals surface area contributed by atoms with Crippen molar-refractivity contribution >= 4 is 34.2 Å². The van der Waals surface area contributed by atoms with Crippen LogP contribution in [0.25, 0.3) is 16.7 Å². The van der Waals surface area contributed by atoms with E-state index in [0.29, 0.717) is 12.2 Å². The normalized spacial score (nSPS) is 13.6. The third-order valence-corrected chi connectivity index (χ3v) is 5.46. The van der Waals surface area contributed by atoms with Gasteiger partial charge in [-0.25, -0.2) is 4.79 Å². The van der Waals surface area contributed by atoms with Crippen LogP contribution in [-0.4, -0.2) is 20.9 Å². The maximum atomic E-state index is 13.2. The minimum Gasteiger partial charge on any atom is -0.350 e. The highest BCUT2D eigenvalue weighted by Crippen LogP contribution is 2.24. The van der Waals surface area contributed by atoms with Crippen molar-refractivity contribution in [2.24, 2.45) is 0 Å². The third-order valence-electron chi connectivity index (χ3n) is 5.46. The zero-order chi connectivity index (χ0) is 21.8. The highest BCUT2D eigenvalue weighted by atomic mass is 16.2. The van der Waals surface area contributed by atoms with Crippen LogP contribution in [0.1, 0.15) is 38.2 Å². The molecule has 0 fully saturated rings. The number of para-hydroxylation sites is 2. The number of fused-ring (bicyclic) bond motifs is 1. The van der Waals surface area contributed by atoms with E-state index in [0.717, 1.165) is 48.0 Å². The predicted molar refractivity (Wildman–Crippen MR) is 122 cm³/mol. The summed E-state index contributed by atoms with van der Waals surface area (Å²) < 4.78 is 3.29. The maximum absolute atomic E-state index is 13.2. The second-order valence-corrected chi connectivity index (χ2v) is 7.79. The lowest BCUT2D eigenvalue weighted by atomic mass is 10.0. The summed E-state index contributed by atoms with van der Waals surface area (Å²) in [6, 6.07) is 14.9. The van der Waals surface area contributed by atoms with Gasteiger partial charge in [0.15, 0.2) is 0 Å².